The van der Waals surface area contributed by atoms with E-state index in [1.165, 1.54) is 6.07 Å². The molecular formula is C14H21F3N4. The fourth-order valence-corrected chi connectivity index (χ4v) is 2.42. The van der Waals surface area contributed by atoms with Crippen LogP contribution in [-0.2, 0) is 6.18 Å². The number of nitrogens with zero attached hydrogens (tertiary/aromatic N) is 3. The zero-order valence-electron chi connectivity index (χ0n) is 11.9. The molecule has 0 spiro atoms. The van der Waals surface area contributed by atoms with Crippen LogP contribution in [0, 0.1) is 0 Å². The highest BCUT2D eigenvalue weighted by Crippen LogP contribution is 2.29. The van der Waals surface area contributed by atoms with E-state index in [1.807, 2.05) is 4.90 Å². The standard InChI is InChI=1S/C14H21F3N4/c15-14(16,17)12-3-4-13(19-11-12)21-9-7-20(8-10-21)6-2-1-5-18/h3-4,11H,1-2,5-10,18H2. The van der Waals surface area contributed by atoms with Crippen LogP contribution in [-0.4, -0.2) is 49.2 Å². The fourth-order valence-electron chi connectivity index (χ4n) is 2.42. The van der Waals surface area contributed by atoms with Crippen LogP contribution in [0.25, 0.3) is 0 Å². The smallest absolute Gasteiger partial charge is 0.354 e. The Kier molecular flexibility index (Phi) is 5.41. The topological polar surface area (TPSA) is 45.4 Å². The molecule has 2 rings (SSSR count). The van der Waals surface area contributed by atoms with Crippen LogP contribution >= 0.6 is 0 Å². The molecule has 2 heterocycles. The Morgan fingerprint density at radius 3 is 2.33 bits per heavy atom. The van der Waals surface area contributed by atoms with E-state index in [9.17, 15) is 13.2 Å². The molecule has 118 valence electrons. The molecule has 0 radical (unpaired) electrons. The van der Waals surface area contributed by atoms with E-state index in [4.69, 9.17) is 5.73 Å². The summed E-state index contributed by atoms with van der Waals surface area (Å²) in [5.41, 5.74) is 4.77. The van der Waals surface area contributed by atoms with Crippen molar-refractivity contribution in [3.05, 3.63) is 23.9 Å². The Morgan fingerprint density at radius 2 is 1.81 bits per heavy atom. The monoisotopic (exact) mass is 302 g/mol. The van der Waals surface area contributed by atoms with Crippen LogP contribution in [0.5, 0.6) is 0 Å². The van der Waals surface area contributed by atoms with Crippen molar-refractivity contribution < 1.29 is 13.2 Å². The molecule has 0 atom stereocenters. The number of halogens is 3. The summed E-state index contributed by atoms with van der Waals surface area (Å²) in [5.74, 6) is 0.615. The summed E-state index contributed by atoms with van der Waals surface area (Å²) in [4.78, 5) is 8.32. The summed E-state index contributed by atoms with van der Waals surface area (Å²) in [6.07, 6.45) is -1.30. The molecule has 7 heteroatoms. The third kappa shape index (κ3) is 4.57. The number of aromatic nitrogens is 1. The van der Waals surface area contributed by atoms with Crippen molar-refractivity contribution in [3.63, 3.8) is 0 Å². The van der Waals surface area contributed by atoms with Crippen LogP contribution in [0.15, 0.2) is 18.3 Å². The van der Waals surface area contributed by atoms with Gasteiger partial charge in [-0.25, -0.2) is 4.98 Å². The lowest BCUT2D eigenvalue weighted by molar-refractivity contribution is -0.137. The maximum Gasteiger partial charge on any atom is 0.417 e. The van der Waals surface area contributed by atoms with Gasteiger partial charge in [-0.1, -0.05) is 0 Å². The third-order valence-corrected chi connectivity index (χ3v) is 3.70. The zero-order valence-corrected chi connectivity index (χ0v) is 11.9. The Labute approximate surface area is 122 Å². The van der Waals surface area contributed by atoms with Gasteiger partial charge in [-0.2, -0.15) is 13.2 Å². The van der Waals surface area contributed by atoms with Crippen molar-refractivity contribution in [3.8, 4) is 0 Å². The van der Waals surface area contributed by atoms with Crippen LogP contribution in [0.4, 0.5) is 19.0 Å². The molecule has 1 saturated heterocycles. The van der Waals surface area contributed by atoms with Crippen LogP contribution in [0.2, 0.25) is 0 Å². The second-order valence-electron chi connectivity index (χ2n) is 5.23. The van der Waals surface area contributed by atoms with Crippen LogP contribution in [0.3, 0.4) is 0 Å². The number of rotatable bonds is 5. The average Bonchev–Trinajstić information content (AvgIpc) is 2.48. The van der Waals surface area contributed by atoms with Gasteiger partial charge in [0.15, 0.2) is 0 Å². The number of nitrogens with two attached hydrogens (primary N) is 1. The normalized spacial score (nSPS) is 17.2. The molecule has 1 aromatic heterocycles. The highest BCUT2D eigenvalue weighted by molar-refractivity contribution is 5.40. The Bertz CT molecular complexity index is 425. The van der Waals surface area contributed by atoms with E-state index in [1.54, 1.807) is 0 Å². The Hall–Kier alpha value is -1.34. The van der Waals surface area contributed by atoms with Gasteiger partial charge in [-0.05, 0) is 38.1 Å². The van der Waals surface area contributed by atoms with Crippen molar-refractivity contribution in [2.75, 3.05) is 44.2 Å². The number of alkyl halides is 3. The van der Waals surface area contributed by atoms with E-state index < -0.39 is 11.7 Å². The first-order valence-corrected chi connectivity index (χ1v) is 7.21. The highest BCUT2D eigenvalue weighted by atomic mass is 19.4. The van der Waals surface area contributed by atoms with Gasteiger partial charge in [0.05, 0.1) is 5.56 Å². The van der Waals surface area contributed by atoms with E-state index in [2.05, 4.69) is 9.88 Å². The second-order valence-corrected chi connectivity index (χ2v) is 5.23. The largest absolute Gasteiger partial charge is 0.417 e. The molecule has 1 aromatic rings. The molecule has 21 heavy (non-hydrogen) atoms. The lowest BCUT2D eigenvalue weighted by Gasteiger charge is -2.35. The number of anilines is 1. The van der Waals surface area contributed by atoms with Crippen molar-refractivity contribution in [1.29, 1.82) is 0 Å². The second kappa shape index (κ2) is 7.09. The van der Waals surface area contributed by atoms with Crippen molar-refractivity contribution in [2.45, 2.75) is 19.0 Å². The van der Waals surface area contributed by atoms with Crippen molar-refractivity contribution in [1.82, 2.24) is 9.88 Å². The molecule has 0 bridgehead atoms. The number of piperazine rings is 1. The van der Waals surface area contributed by atoms with Gasteiger partial charge in [-0.15, -0.1) is 0 Å². The lowest BCUT2D eigenvalue weighted by Crippen LogP contribution is -2.47. The molecule has 0 amide bonds. The minimum absolute atomic E-state index is 0.615. The first kappa shape index (κ1) is 16.0. The number of hydrogen-bond acceptors (Lipinski definition) is 4. The molecular weight excluding hydrogens is 281 g/mol. The summed E-state index contributed by atoms with van der Waals surface area (Å²) in [5, 5.41) is 0. The predicted molar refractivity (Wildman–Crippen MR) is 76.2 cm³/mol. The predicted octanol–water partition coefficient (Wildman–Crippen LogP) is 1.96. The number of hydrogen-bond donors (Lipinski definition) is 1. The van der Waals surface area contributed by atoms with Gasteiger partial charge >= 0.3 is 6.18 Å². The number of pyridine rings is 1. The Balaban J connectivity index is 1.85. The van der Waals surface area contributed by atoms with E-state index in [-0.39, 0.29) is 0 Å². The van der Waals surface area contributed by atoms with Gasteiger partial charge in [0.1, 0.15) is 5.82 Å². The third-order valence-electron chi connectivity index (χ3n) is 3.70. The molecule has 1 aliphatic heterocycles. The summed E-state index contributed by atoms with van der Waals surface area (Å²) < 4.78 is 37.5. The minimum atomic E-state index is -4.33. The first-order valence-electron chi connectivity index (χ1n) is 7.21. The average molecular weight is 302 g/mol. The fraction of sp³-hybridized carbons (Fsp3) is 0.643. The summed E-state index contributed by atoms with van der Waals surface area (Å²) in [6.45, 7) is 5.16. The Morgan fingerprint density at radius 1 is 1.10 bits per heavy atom. The molecule has 4 nitrogen and oxygen atoms in total. The van der Waals surface area contributed by atoms with Crippen molar-refractivity contribution >= 4 is 5.82 Å². The number of unbranched alkanes of at least 4 members (excludes halogenated alkanes) is 1. The quantitative estimate of drug-likeness (QED) is 0.845. The van der Waals surface area contributed by atoms with Gasteiger partial charge in [0.2, 0.25) is 0 Å². The van der Waals surface area contributed by atoms with Crippen LogP contribution in [0.1, 0.15) is 18.4 Å². The van der Waals surface area contributed by atoms with E-state index >= 15 is 0 Å². The molecule has 0 aliphatic carbocycles. The van der Waals surface area contributed by atoms with Gasteiger partial charge in [0.25, 0.3) is 0 Å². The molecule has 0 aromatic carbocycles. The minimum Gasteiger partial charge on any atom is -0.354 e. The highest BCUT2D eigenvalue weighted by Gasteiger charge is 2.31. The molecule has 0 saturated carbocycles. The lowest BCUT2D eigenvalue weighted by atomic mass is 10.2. The molecule has 0 unspecified atom stereocenters. The SMILES string of the molecule is NCCCCN1CCN(c2ccc(C(F)(F)F)cn2)CC1. The molecule has 2 N–H and O–H groups in total. The van der Waals surface area contributed by atoms with Gasteiger partial charge in [0, 0.05) is 32.4 Å². The van der Waals surface area contributed by atoms with Crippen molar-refractivity contribution in [2.24, 2.45) is 5.73 Å². The first-order chi connectivity index (χ1) is 10.0. The summed E-state index contributed by atoms with van der Waals surface area (Å²) in [6, 6.07) is 2.54. The molecule has 1 fully saturated rings. The van der Waals surface area contributed by atoms with Gasteiger partial charge in [-0.3, -0.25) is 4.90 Å². The summed E-state index contributed by atoms with van der Waals surface area (Å²) >= 11 is 0. The maximum atomic E-state index is 12.5. The van der Waals surface area contributed by atoms with E-state index in [0.29, 0.717) is 5.82 Å². The summed E-state index contributed by atoms with van der Waals surface area (Å²) in [7, 11) is 0. The van der Waals surface area contributed by atoms with E-state index in [0.717, 1.165) is 64.4 Å². The maximum absolute atomic E-state index is 12.5. The zero-order chi connectivity index (χ0) is 15.3. The van der Waals surface area contributed by atoms with Gasteiger partial charge < -0.3 is 10.6 Å². The molecule has 1 aliphatic rings. The van der Waals surface area contributed by atoms with Crippen LogP contribution < -0.4 is 10.6 Å².